The predicted molar refractivity (Wildman–Crippen MR) is 160 cm³/mol. The van der Waals surface area contributed by atoms with Crippen LogP contribution < -0.4 is 14.4 Å². The van der Waals surface area contributed by atoms with Gasteiger partial charge in [-0.05, 0) is 68.3 Å². The number of nitro groups is 1. The largest absolute Gasteiger partial charge is 0.497 e. The molecular formula is C29H33ClN4O7S. The van der Waals surface area contributed by atoms with Crippen molar-refractivity contribution in [2.24, 2.45) is 0 Å². The smallest absolute Gasteiger partial charge is 0.273 e. The number of aryl methyl sites for hydroxylation is 1. The van der Waals surface area contributed by atoms with Gasteiger partial charge in [0.1, 0.15) is 18.3 Å². The third kappa shape index (κ3) is 7.77. The van der Waals surface area contributed by atoms with Gasteiger partial charge in [0.2, 0.25) is 11.8 Å². The Balaban J connectivity index is 2.08. The summed E-state index contributed by atoms with van der Waals surface area (Å²) in [4.78, 5) is 38.7. The number of halogens is 1. The Bertz CT molecular complexity index is 1530. The lowest BCUT2D eigenvalue weighted by molar-refractivity contribution is -0.385. The van der Waals surface area contributed by atoms with Crippen molar-refractivity contribution in [3.63, 3.8) is 0 Å². The number of methoxy groups -OCH3 is 1. The van der Waals surface area contributed by atoms with E-state index in [1.165, 1.54) is 55.3 Å². The number of carbonyl (C=O) groups is 2. The summed E-state index contributed by atoms with van der Waals surface area (Å²) >= 11 is 6.02. The van der Waals surface area contributed by atoms with Crippen molar-refractivity contribution >= 4 is 44.8 Å². The number of hydrogen-bond donors (Lipinski definition) is 1. The molecule has 0 saturated heterocycles. The summed E-state index contributed by atoms with van der Waals surface area (Å²) in [5.41, 5.74) is 0.715. The lowest BCUT2D eigenvalue weighted by atomic mass is 10.1. The van der Waals surface area contributed by atoms with E-state index < -0.39 is 39.3 Å². The molecule has 3 rings (SSSR count). The molecule has 0 aliphatic carbocycles. The first-order chi connectivity index (χ1) is 19.9. The SMILES string of the molecule is CCCNC(=O)[C@@H](C)N(Cc1ccc(Cl)cc1)C(=O)CN(c1ccc(OC)cc1)S(=O)(=O)c1ccc(C)c([N+](=O)[O-])c1. The van der Waals surface area contributed by atoms with Gasteiger partial charge >= 0.3 is 0 Å². The molecule has 0 saturated carbocycles. The zero-order valence-electron chi connectivity index (χ0n) is 23.7. The summed E-state index contributed by atoms with van der Waals surface area (Å²) in [7, 11) is -3.03. The first kappa shape index (κ1) is 32.4. The Morgan fingerprint density at radius 3 is 2.29 bits per heavy atom. The maximum atomic E-state index is 14.0. The fourth-order valence-corrected chi connectivity index (χ4v) is 5.68. The molecular weight excluding hydrogens is 584 g/mol. The van der Waals surface area contributed by atoms with Crippen molar-refractivity contribution in [2.75, 3.05) is 24.5 Å². The Labute approximate surface area is 250 Å². The lowest BCUT2D eigenvalue weighted by Gasteiger charge is -2.32. The number of sulfonamides is 1. The summed E-state index contributed by atoms with van der Waals surface area (Å²) in [6, 6.07) is 15.3. The summed E-state index contributed by atoms with van der Waals surface area (Å²) < 4.78 is 34.0. The van der Waals surface area contributed by atoms with Crippen LogP contribution in [-0.4, -0.2) is 56.3 Å². The van der Waals surface area contributed by atoms with Gasteiger partial charge in [0, 0.05) is 29.7 Å². The normalized spacial score (nSPS) is 11.8. The molecule has 0 aliphatic heterocycles. The topological polar surface area (TPSA) is 139 Å². The highest BCUT2D eigenvalue weighted by molar-refractivity contribution is 7.92. The van der Waals surface area contributed by atoms with Crippen molar-refractivity contribution in [1.82, 2.24) is 10.2 Å². The molecule has 3 aromatic carbocycles. The van der Waals surface area contributed by atoms with Gasteiger partial charge in [0.05, 0.1) is 22.6 Å². The van der Waals surface area contributed by atoms with Crippen LogP contribution in [-0.2, 0) is 26.2 Å². The molecule has 0 aromatic heterocycles. The van der Waals surface area contributed by atoms with Gasteiger partial charge in [0.25, 0.3) is 15.7 Å². The van der Waals surface area contributed by atoms with Gasteiger partial charge in [0.15, 0.2) is 0 Å². The summed E-state index contributed by atoms with van der Waals surface area (Å²) in [5, 5.41) is 14.8. The number of amides is 2. The third-order valence-corrected chi connectivity index (χ3v) is 8.61. The van der Waals surface area contributed by atoms with Crippen molar-refractivity contribution in [3.8, 4) is 5.75 Å². The quantitative estimate of drug-likeness (QED) is 0.217. The maximum Gasteiger partial charge on any atom is 0.273 e. The van der Waals surface area contributed by atoms with E-state index in [2.05, 4.69) is 5.32 Å². The standard InChI is InChI=1S/C29H33ClN4O7S/c1-5-16-31-29(36)21(3)32(18-22-7-9-23(30)10-8-22)28(35)19-33(24-11-13-25(41-4)14-12-24)42(39,40)26-15-6-20(2)27(17-26)34(37)38/h6-15,17,21H,5,16,18-19H2,1-4H3,(H,31,36)/t21-/m1/s1. The Morgan fingerprint density at radius 1 is 1.07 bits per heavy atom. The molecule has 0 radical (unpaired) electrons. The zero-order valence-corrected chi connectivity index (χ0v) is 25.3. The van der Waals surface area contributed by atoms with Gasteiger partial charge < -0.3 is 15.0 Å². The number of carbonyl (C=O) groups excluding carboxylic acids is 2. The highest BCUT2D eigenvalue weighted by atomic mass is 35.5. The second-order valence-electron chi connectivity index (χ2n) is 9.53. The molecule has 13 heteroatoms. The number of anilines is 1. The van der Waals surface area contributed by atoms with E-state index in [-0.39, 0.29) is 28.4 Å². The highest BCUT2D eigenvalue weighted by Gasteiger charge is 2.33. The molecule has 224 valence electrons. The van der Waals surface area contributed by atoms with Crippen LogP contribution in [0.15, 0.2) is 71.6 Å². The van der Waals surface area contributed by atoms with Gasteiger partial charge in [-0.2, -0.15) is 0 Å². The highest BCUT2D eigenvalue weighted by Crippen LogP contribution is 2.29. The van der Waals surface area contributed by atoms with E-state index in [1.54, 1.807) is 31.2 Å². The molecule has 0 unspecified atom stereocenters. The van der Waals surface area contributed by atoms with Crippen molar-refractivity contribution in [1.29, 1.82) is 0 Å². The minimum Gasteiger partial charge on any atom is -0.497 e. The fraction of sp³-hybridized carbons (Fsp3) is 0.310. The van der Waals surface area contributed by atoms with Gasteiger partial charge in [-0.1, -0.05) is 36.7 Å². The second kappa shape index (κ2) is 14.1. The first-order valence-electron chi connectivity index (χ1n) is 13.1. The molecule has 0 fully saturated rings. The molecule has 0 bridgehead atoms. The van der Waals surface area contributed by atoms with Crippen LogP contribution in [0.5, 0.6) is 5.75 Å². The lowest BCUT2D eigenvalue weighted by Crippen LogP contribution is -2.51. The number of rotatable bonds is 13. The molecule has 1 N–H and O–H groups in total. The average molecular weight is 617 g/mol. The number of nitro benzene ring substituents is 1. The summed E-state index contributed by atoms with van der Waals surface area (Å²) in [6.07, 6.45) is 0.690. The number of nitrogens with zero attached hydrogens (tertiary/aromatic N) is 3. The van der Waals surface area contributed by atoms with Crippen LogP contribution in [0.2, 0.25) is 5.02 Å². The summed E-state index contributed by atoms with van der Waals surface area (Å²) in [6.45, 7) is 4.69. The average Bonchev–Trinajstić information content (AvgIpc) is 2.97. The van der Waals surface area contributed by atoms with Crippen LogP contribution in [0.25, 0.3) is 0 Å². The number of ether oxygens (including phenoxy) is 1. The van der Waals surface area contributed by atoms with Crippen LogP contribution in [0, 0.1) is 17.0 Å². The van der Waals surface area contributed by atoms with Crippen LogP contribution >= 0.6 is 11.6 Å². The van der Waals surface area contributed by atoms with E-state index >= 15 is 0 Å². The van der Waals surface area contributed by atoms with Gasteiger partial charge in [-0.25, -0.2) is 8.42 Å². The minimum absolute atomic E-state index is 0.00319. The van der Waals surface area contributed by atoms with Gasteiger partial charge in [-0.3, -0.25) is 24.0 Å². The predicted octanol–water partition coefficient (Wildman–Crippen LogP) is 4.70. The molecule has 3 aromatic rings. The van der Waals surface area contributed by atoms with Crippen LogP contribution in [0.1, 0.15) is 31.4 Å². The molecule has 1 atom stereocenters. The second-order valence-corrected chi connectivity index (χ2v) is 11.8. The van der Waals surface area contributed by atoms with E-state index in [0.717, 1.165) is 10.4 Å². The molecule has 0 heterocycles. The van der Waals surface area contributed by atoms with Crippen LogP contribution in [0.3, 0.4) is 0 Å². The Morgan fingerprint density at radius 2 is 1.71 bits per heavy atom. The third-order valence-electron chi connectivity index (χ3n) is 6.59. The summed E-state index contributed by atoms with van der Waals surface area (Å²) in [5.74, 6) is -0.601. The van der Waals surface area contributed by atoms with E-state index in [0.29, 0.717) is 29.3 Å². The first-order valence-corrected chi connectivity index (χ1v) is 14.9. The van der Waals surface area contributed by atoms with Crippen molar-refractivity contribution in [3.05, 3.63) is 93.0 Å². The van der Waals surface area contributed by atoms with E-state index in [1.807, 2.05) is 6.92 Å². The zero-order chi connectivity index (χ0) is 31.0. The Hall–Kier alpha value is -4.16. The molecule has 11 nitrogen and oxygen atoms in total. The maximum absolute atomic E-state index is 14.0. The van der Waals surface area contributed by atoms with Crippen molar-refractivity contribution < 1.29 is 27.7 Å². The Kier molecular flexibility index (Phi) is 10.9. The molecule has 2 amide bonds. The van der Waals surface area contributed by atoms with Crippen LogP contribution in [0.4, 0.5) is 11.4 Å². The number of nitrogens with one attached hydrogen (secondary N) is 1. The molecule has 0 spiro atoms. The molecule has 0 aliphatic rings. The monoisotopic (exact) mass is 616 g/mol. The fourth-order valence-electron chi connectivity index (χ4n) is 4.12. The molecule has 42 heavy (non-hydrogen) atoms. The number of benzene rings is 3. The van der Waals surface area contributed by atoms with E-state index in [4.69, 9.17) is 16.3 Å². The van der Waals surface area contributed by atoms with Gasteiger partial charge in [-0.15, -0.1) is 0 Å². The van der Waals surface area contributed by atoms with Crippen molar-refractivity contribution in [2.45, 2.75) is 44.7 Å². The number of hydrogen-bond acceptors (Lipinski definition) is 7. The van der Waals surface area contributed by atoms with E-state index in [9.17, 15) is 28.1 Å². The minimum atomic E-state index is -4.49.